The molecule has 6 nitrogen and oxygen atoms in total. The van der Waals surface area contributed by atoms with Crippen LogP contribution in [-0.2, 0) is 0 Å². The maximum atomic E-state index is 12.4. The van der Waals surface area contributed by atoms with Crippen molar-refractivity contribution in [3.63, 3.8) is 0 Å². The summed E-state index contributed by atoms with van der Waals surface area (Å²) in [7, 11) is 1.69. The number of thiazole rings is 1. The predicted octanol–water partition coefficient (Wildman–Crippen LogP) is 3.47. The summed E-state index contributed by atoms with van der Waals surface area (Å²) in [4.78, 5) is 21.9. The summed E-state index contributed by atoms with van der Waals surface area (Å²) >= 11 is 1.72. The number of hydrogen-bond donors (Lipinski definition) is 1. The second kappa shape index (κ2) is 9.02. The summed E-state index contributed by atoms with van der Waals surface area (Å²) in [5.74, 6) is 0.868. The first-order valence-corrected chi connectivity index (χ1v) is 11.1. The van der Waals surface area contributed by atoms with E-state index in [4.69, 9.17) is 9.72 Å². The van der Waals surface area contributed by atoms with E-state index in [1.54, 1.807) is 18.4 Å². The number of ether oxygens (including phenoxy) is 1. The fourth-order valence-corrected chi connectivity index (χ4v) is 4.68. The molecule has 0 bridgehead atoms. The Morgan fingerprint density at radius 1 is 1.10 bits per heavy atom. The third kappa shape index (κ3) is 4.57. The topological polar surface area (TPSA) is 57.7 Å². The summed E-state index contributed by atoms with van der Waals surface area (Å²) in [5.41, 5.74) is 4.10. The number of hydrogen-bond acceptors (Lipinski definition) is 6. The summed E-state index contributed by atoms with van der Waals surface area (Å²) in [6.07, 6.45) is 0. The molecule has 158 valence electrons. The van der Waals surface area contributed by atoms with Crippen LogP contribution in [0.4, 0.5) is 5.13 Å². The van der Waals surface area contributed by atoms with Crippen molar-refractivity contribution in [1.29, 1.82) is 0 Å². The largest absolute Gasteiger partial charge is 0.497 e. The Hall–Kier alpha value is -2.64. The van der Waals surface area contributed by atoms with Gasteiger partial charge in [0.05, 0.1) is 17.3 Å². The van der Waals surface area contributed by atoms with Crippen LogP contribution in [0.5, 0.6) is 5.75 Å². The predicted molar refractivity (Wildman–Crippen MR) is 123 cm³/mol. The average molecular weight is 425 g/mol. The number of anilines is 1. The molecule has 0 unspecified atom stereocenters. The monoisotopic (exact) mass is 424 g/mol. The van der Waals surface area contributed by atoms with Crippen LogP contribution in [0.1, 0.15) is 21.5 Å². The van der Waals surface area contributed by atoms with Crippen molar-refractivity contribution in [3.05, 3.63) is 53.1 Å². The molecular formula is C23H28N4O2S. The zero-order valence-electron chi connectivity index (χ0n) is 17.8. The second-order valence-electron chi connectivity index (χ2n) is 7.71. The van der Waals surface area contributed by atoms with Crippen molar-refractivity contribution >= 4 is 32.6 Å². The minimum atomic E-state index is 0.00152. The fourth-order valence-electron chi connectivity index (χ4n) is 3.63. The summed E-state index contributed by atoms with van der Waals surface area (Å²) in [6.45, 7) is 9.45. The summed E-state index contributed by atoms with van der Waals surface area (Å²) < 4.78 is 6.47. The van der Waals surface area contributed by atoms with Crippen LogP contribution in [0.3, 0.4) is 0 Å². The van der Waals surface area contributed by atoms with Crippen molar-refractivity contribution in [2.75, 3.05) is 51.3 Å². The Morgan fingerprint density at radius 2 is 1.90 bits per heavy atom. The van der Waals surface area contributed by atoms with E-state index in [9.17, 15) is 4.79 Å². The van der Waals surface area contributed by atoms with Crippen LogP contribution in [0.25, 0.3) is 10.2 Å². The van der Waals surface area contributed by atoms with Gasteiger partial charge in [0, 0.05) is 44.8 Å². The highest BCUT2D eigenvalue weighted by Crippen LogP contribution is 2.31. The molecule has 1 aliphatic rings. The Balaban J connectivity index is 1.25. The lowest BCUT2D eigenvalue weighted by molar-refractivity contribution is 0.0947. The lowest BCUT2D eigenvalue weighted by Crippen LogP contribution is -2.48. The number of amides is 1. The van der Waals surface area contributed by atoms with Crippen molar-refractivity contribution in [1.82, 2.24) is 15.2 Å². The molecule has 1 aromatic heterocycles. The molecule has 0 saturated carbocycles. The first-order chi connectivity index (χ1) is 14.5. The van der Waals surface area contributed by atoms with E-state index in [0.29, 0.717) is 6.54 Å². The molecule has 0 radical (unpaired) electrons. The van der Waals surface area contributed by atoms with Gasteiger partial charge in [0.15, 0.2) is 5.13 Å². The molecule has 1 aliphatic heterocycles. The van der Waals surface area contributed by atoms with Gasteiger partial charge in [0.1, 0.15) is 5.75 Å². The number of aromatic nitrogens is 1. The molecule has 1 N–H and O–H groups in total. The number of rotatable bonds is 6. The van der Waals surface area contributed by atoms with E-state index >= 15 is 0 Å². The van der Waals surface area contributed by atoms with Crippen LogP contribution in [0.15, 0.2) is 36.4 Å². The van der Waals surface area contributed by atoms with Gasteiger partial charge in [0.25, 0.3) is 5.91 Å². The highest BCUT2D eigenvalue weighted by atomic mass is 32.1. The second-order valence-corrected chi connectivity index (χ2v) is 8.72. The highest BCUT2D eigenvalue weighted by molar-refractivity contribution is 7.22. The van der Waals surface area contributed by atoms with Crippen molar-refractivity contribution < 1.29 is 9.53 Å². The molecule has 2 heterocycles. The number of carbonyl (C=O) groups is 1. The molecule has 0 spiro atoms. The van der Waals surface area contributed by atoms with E-state index in [1.165, 1.54) is 5.56 Å². The SMILES string of the molecule is COc1ccc2nc(N3CCN(CCNC(=O)c4ccc(C)c(C)c4)CC3)sc2c1. The molecule has 1 saturated heterocycles. The first kappa shape index (κ1) is 20.6. The van der Waals surface area contributed by atoms with Crippen LogP contribution in [0, 0.1) is 13.8 Å². The van der Waals surface area contributed by atoms with Gasteiger partial charge in [-0.15, -0.1) is 0 Å². The molecule has 4 rings (SSSR count). The van der Waals surface area contributed by atoms with E-state index in [-0.39, 0.29) is 5.91 Å². The average Bonchev–Trinajstić information content (AvgIpc) is 3.19. The van der Waals surface area contributed by atoms with Crippen molar-refractivity contribution in [3.8, 4) is 5.75 Å². The number of fused-ring (bicyclic) bond motifs is 1. The third-order valence-electron chi connectivity index (χ3n) is 5.71. The minimum absolute atomic E-state index is 0.00152. The smallest absolute Gasteiger partial charge is 0.251 e. The quantitative estimate of drug-likeness (QED) is 0.657. The molecule has 7 heteroatoms. The number of carbonyl (C=O) groups excluding carboxylic acids is 1. The van der Waals surface area contributed by atoms with Crippen molar-refractivity contribution in [2.24, 2.45) is 0 Å². The normalized spacial score (nSPS) is 14.8. The third-order valence-corrected chi connectivity index (χ3v) is 6.79. The van der Waals surface area contributed by atoms with E-state index < -0.39 is 0 Å². The van der Waals surface area contributed by atoms with E-state index in [2.05, 4.69) is 22.0 Å². The number of benzene rings is 2. The van der Waals surface area contributed by atoms with Gasteiger partial charge in [-0.1, -0.05) is 17.4 Å². The minimum Gasteiger partial charge on any atom is -0.497 e. The molecule has 1 amide bonds. The van der Waals surface area contributed by atoms with Gasteiger partial charge in [-0.3, -0.25) is 9.69 Å². The highest BCUT2D eigenvalue weighted by Gasteiger charge is 2.20. The van der Waals surface area contributed by atoms with Gasteiger partial charge >= 0.3 is 0 Å². The fraction of sp³-hybridized carbons (Fsp3) is 0.391. The zero-order valence-corrected chi connectivity index (χ0v) is 18.6. The number of methoxy groups -OCH3 is 1. The van der Waals surface area contributed by atoms with Gasteiger partial charge in [-0.25, -0.2) is 4.98 Å². The van der Waals surface area contributed by atoms with Gasteiger partial charge in [-0.05, 0) is 55.3 Å². The van der Waals surface area contributed by atoms with Gasteiger partial charge in [-0.2, -0.15) is 0 Å². The van der Waals surface area contributed by atoms with E-state index in [0.717, 1.165) is 64.9 Å². The Bertz CT molecular complexity index is 1040. The van der Waals surface area contributed by atoms with Crippen LogP contribution in [0.2, 0.25) is 0 Å². The van der Waals surface area contributed by atoms with Crippen molar-refractivity contribution in [2.45, 2.75) is 13.8 Å². The van der Waals surface area contributed by atoms with Gasteiger partial charge in [0.2, 0.25) is 0 Å². The summed E-state index contributed by atoms with van der Waals surface area (Å²) in [6, 6.07) is 11.9. The number of nitrogens with zero attached hydrogens (tertiary/aromatic N) is 3. The van der Waals surface area contributed by atoms with Crippen LogP contribution in [-0.4, -0.2) is 62.2 Å². The molecule has 3 aromatic rings. The van der Waals surface area contributed by atoms with Crippen LogP contribution >= 0.6 is 11.3 Å². The number of aryl methyl sites for hydroxylation is 2. The van der Waals surface area contributed by atoms with Gasteiger partial charge < -0.3 is 15.0 Å². The summed E-state index contributed by atoms with van der Waals surface area (Å²) in [5, 5.41) is 4.12. The standard InChI is InChI=1S/C23H28N4O2S/c1-16-4-5-18(14-17(16)2)22(28)24-8-9-26-10-12-27(13-11-26)23-25-20-7-6-19(29-3)15-21(20)30-23/h4-7,14-15H,8-13H2,1-3H3,(H,24,28). The number of piperazine rings is 1. The van der Waals surface area contributed by atoms with Crippen LogP contribution < -0.4 is 15.0 Å². The first-order valence-electron chi connectivity index (χ1n) is 10.3. The molecular weight excluding hydrogens is 396 g/mol. The maximum Gasteiger partial charge on any atom is 0.251 e. The maximum absolute atomic E-state index is 12.4. The molecule has 1 fully saturated rings. The number of nitrogens with one attached hydrogen (secondary N) is 1. The zero-order chi connectivity index (χ0) is 21.1. The lowest BCUT2D eigenvalue weighted by atomic mass is 10.1. The molecule has 0 aliphatic carbocycles. The van der Waals surface area contributed by atoms with E-state index in [1.807, 2.05) is 43.3 Å². The Morgan fingerprint density at radius 3 is 2.63 bits per heavy atom. The molecule has 30 heavy (non-hydrogen) atoms. The molecule has 2 aromatic carbocycles. The Labute approximate surface area is 181 Å². The Kier molecular flexibility index (Phi) is 6.20. The molecule has 0 atom stereocenters. The lowest BCUT2D eigenvalue weighted by Gasteiger charge is -2.34.